The van der Waals surface area contributed by atoms with E-state index in [1.54, 1.807) is 0 Å². The Morgan fingerprint density at radius 3 is 2.27 bits per heavy atom. The molecular formula is C13H8BrN. The minimum atomic E-state index is 0.633. The Bertz CT molecular complexity index is 572. The molecule has 0 atom stereocenters. The number of halogens is 1. The van der Waals surface area contributed by atoms with Crippen LogP contribution in [0.25, 0.3) is 11.1 Å². The molecule has 2 heteroatoms. The van der Waals surface area contributed by atoms with Gasteiger partial charge in [0.25, 0.3) is 0 Å². The lowest BCUT2D eigenvalue weighted by Gasteiger charge is -1.99. The predicted octanol–water partition coefficient (Wildman–Crippen LogP) is 3.85. The Morgan fingerprint density at radius 2 is 1.47 bits per heavy atom. The van der Waals surface area contributed by atoms with Crippen molar-refractivity contribution in [2.45, 2.75) is 0 Å². The van der Waals surface area contributed by atoms with Crippen molar-refractivity contribution >= 4 is 21.6 Å². The summed E-state index contributed by atoms with van der Waals surface area (Å²) in [5.41, 5.74) is 5.02. The zero-order chi connectivity index (χ0) is 10.4. The van der Waals surface area contributed by atoms with Crippen molar-refractivity contribution in [3.8, 4) is 11.1 Å². The van der Waals surface area contributed by atoms with Gasteiger partial charge in [-0.1, -0.05) is 46.3 Å². The summed E-state index contributed by atoms with van der Waals surface area (Å²) in [6, 6.07) is 14.1. The van der Waals surface area contributed by atoms with Crippen LogP contribution in [0, 0.1) is 5.41 Å². The van der Waals surface area contributed by atoms with E-state index in [1.807, 2.05) is 30.3 Å². The quantitative estimate of drug-likeness (QED) is 0.633. The molecule has 0 aromatic heterocycles. The topological polar surface area (TPSA) is 23.9 Å². The van der Waals surface area contributed by atoms with Gasteiger partial charge in [-0.2, -0.15) is 0 Å². The Balaban J connectivity index is 2.39. The molecule has 1 aliphatic carbocycles. The van der Waals surface area contributed by atoms with Crippen molar-refractivity contribution in [1.82, 2.24) is 0 Å². The van der Waals surface area contributed by atoms with Crippen LogP contribution in [-0.4, -0.2) is 5.71 Å². The number of benzene rings is 2. The first-order valence-electron chi connectivity index (χ1n) is 4.75. The minimum Gasteiger partial charge on any atom is -0.300 e. The second-order valence-corrected chi connectivity index (χ2v) is 4.53. The SMILES string of the molecule is N=C1c2ccccc2-c2cc(Br)ccc21. The highest BCUT2D eigenvalue weighted by molar-refractivity contribution is 9.10. The average molecular weight is 258 g/mol. The maximum atomic E-state index is 8.07. The molecule has 72 valence electrons. The van der Waals surface area contributed by atoms with E-state index in [0.717, 1.165) is 21.2 Å². The third-order valence-corrected chi connectivity index (χ3v) is 3.23. The standard InChI is InChI=1S/C13H8BrN/c14-8-5-6-11-12(7-8)9-3-1-2-4-10(9)13(11)15/h1-7,15H. The fraction of sp³-hybridized carbons (Fsp3) is 0. The first-order chi connectivity index (χ1) is 7.27. The van der Waals surface area contributed by atoms with Gasteiger partial charge in [-0.15, -0.1) is 0 Å². The highest BCUT2D eigenvalue weighted by Crippen LogP contribution is 2.37. The van der Waals surface area contributed by atoms with E-state index < -0.39 is 0 Å². The summed E-state index contributed by atoms with van der Waals surface area (Å²) >= 11 is 3.47. The summed E-state index contributed by atoms with van der Waals surface area (Å²) < 4.78 is 1.06. The van der Waals surface area contributed by atoms with Crippen LogP contribution in [0.3, 0.4) is 0 Å². The first kappa shape index (κ1) is 8.86. The maximum absolute atomic E-state index is 8.07. The van der Waals surface area contributed by atoms with Gasteiger partial charge in [0.15, 0.2) is 0 Å². The van der Waals surface area contributed by atoms with Crippen LogP contribution < -0.4 is 0 Å². The van der Waals surface area contributed by atoms with Gasteiger partial charge in [0.2, 0.25) is 0 Å². The minimum absolute atomic E-state index is 0.633. The van der Waals surface area contributed by atoms with Crippen LogP contribution in [0.5, 0.6) is 0 Å². The average Bonchev–Trinajstić information content (AvgIpc) is 2.54. The van der Waals surface area contributed by atoms with Crippen molar-refractivity contribution in [3.63, 3.8) is 0 Å². The monoisotopic (exact) mass is 257 g/mol. The molecule has 1 nitrogen and oxygen atoms in total. The van der Waals surface area contributed by atoms with E-state index in [1.165, 1.54) is 5.56 Å². The van der Waals surface area contributed by atoms with Gasteiger partial charge in [-0.3, -0.25) is 5.41 Å². The molecular weight excluding hydrogens is 250 g/mol. The summed E-state index contributed by atoms with van der Waals surface area (Å²) in [5, 5.41) is 8.07. The second kappa shape index (κ2) is 3.04. The van der Waals surface area contributed by atoms with Crippen molar-refractivity contribution in [2.75, 3.05) is 0 Å². The van der Waals surface area contributed by atoms with Crippen molar-refractivity contribution in [1.29, 1.82) is 5.41 Å². The van der Waals surface area contributed by atoms with Crippen LogP contribution in [-0.2, 0) is 0 Å². The smallest absolute Gasteiger partial charge is 0.0697 e. The molecule has 0 saturated carbocycles. The van der Waals surface area contributed by atoms with Crippen LogP contribution in [0.2, 0.25) is 0 Å². The van der Waals surface area contributed by atoms with Gasteiger partial charge in [0, 0.05) is 15.6 Å². The fourth-order valence-electron chi connectivity index (χ4n) is 2.04. The third-order valence-electron chi connectivity index (χ3n) is 2.74. The van der Waals surface area contributed by atoms with Gasteiger partial charge in [0.05, 0.1) is 5.71 Å². The van der Waals surface area contributed by atoms with Crippen LogP contribution >= 0.6 is 15.9 Å². The van der Waals surface area contributed by atoms with Crippen LogP contribution in [0.15, 0.2) is 46.9 Å². The fourth-order valence-corrected chi connectivity index (χ4v) is 2.40. The molecule has 15 heavy (non-hydrogen) atoms. The lowest BCUT2D eigenvalue weighted by molar-refractivity contribution is 1.50. The molecule has 0 aliphatic heterocycles. The van der Waals surface area contributed by atoms with Crippen LogP contribution in [0.1, 0.15) is 11.1 Å². The molecule has 2 aromatic carbocycles. The Kier molecular flexibility index (Phi) is 1.80. The molecule has 0 fully saturated rings. The van der Waals surface area contributed by atoms with E-state index in [2.05, 4.69) is 28.1 Å². The molecule has 0 heterocycles. The van der Waals surface area contributed by atoms with Gasteiger partial charge in [-0.25, -0.2) is 0 Å². The lowest BCUT2D eigenvalue weighted by Crippen LogP contribution is -1.93. The summed E-state index contributed by atoms with van der Waals surface area (Å²) in [6.45, 7) is 0. The Morgan fingerprint density at radius 1 is 0.800 bits per heavy atom. The molecule has 0 saturated heterocycles. The van der Waals surface area contributed by atoms with E-state index in [9.17, 15) is 0 Å². The van der Waals surface area contributed by atoms with E-state index in [4.69, 9.17) is 5.41 Å². The summed E-state index contributed by atoms with van der Waals surface area (Å²) in [4.78, 5) is 0. The molecule has 1 N–H and O–H groups in total. The Hall–Kier alpha value is -1.41. The molecule has 1 aliphatic rings. The van der Waals surface area contributed by atoms with Crippen LogP contribution in [0.4, 0.5) is 0 Å². The van der Waals surface area contributed by atoms with Crippen molar-refractivity contribution < 1.29 is 0 Å². The van der Waals surface area contributed by atoms with Gasteiger partial charge in [-0.05, 0) is 23.3 Å². The summed E-state index contributed by atoms with van der Waals surface area (Å²) in [7, 11) is 0. The molecule has 0 spiro atoms. The molecule has 2 aromatic rings. The normalized spacial score (nSPS) is 12.5. The molecule has 0 unspecified atom stereocenters. The number of hydrogen-bond donors (Lipinski definition) is 1. The van der Waals surface area contributed by atoms with Crippen molar-refractivity contribution in [3.05, 3.63) is 58.1 Å². The molecule has 0 amide bonds. The molecule has 0 bridgehead atoms. The van der Waals surface area contributed by atoms with Gasteiger partial charge >= 0.3 is 0 Å². The van der Waals surface area contributed by atoms with Crippen molar-refractivity contribution in [2.24, 2.45) is 0 Å². The highest BCUT2D eigenvalue weighted by atomic mass is 79.9. The van der Waals surface area contributed by atoms with E-state index in [0.29, 0.717) is 5.71 Å². The highest BCUT2D eigenvalue weighted by Gasteiger charge is 2.22. The molecule has 0 radical (unpaired) electrons. The third kappa shape index (κ3) is 1.18. The number of rotatable bonds is 0. The van der Waals surface area contributed by atoms with Gasteiger partial charge < -0.3 is 0 Å². The zero-order valence-corrected chi connectivity index (χ0v) is 9.51. The maximum Gasteiger partial charge on any atom is 0.0697 e. The number of hydrogen-bond acceptors (Lipinski definition) is 1. The van der Waals surface area contributed by atoms with Gasteiger partial charge in [0.1, 0.15) is 0 Å². The summed E-state index contributed by atoms with van der Waals surface area (Å²) in [5.74, 6) is 0. The molecule has 3 rings (SSSR count). The second-order valence-electron chi connectivity index (χ2n) is 3.61. The first-order valence-corrected chi connectivity index (χ1v) is 5.55. The number of nitrogens with one attached hydrogen (secondary N) is 1. The largest absolute Gasteiger partial charge is 0.300 e. The number of fused-ring (bicyclic) bond motifs is 3. The lowest BCUT2D eigenvalue weighted by atomic mass is 10.1. The van der Waals surface area contributed by atoms with E-state index >= 15 is 0 Å². The summed E-state index contributed by atoms with van der Waals surface area (Å²) in [6.07, 6.45) is 0. The Labute approximate surface area is 96.4 Å². The zero-order valence-electron chi connectivity index (χ0n) is 7.92. The predicted molar refractivity (Wildman–Crippen MR) is 65.5 cm³/mol. The van der Waals surface area contributed by atoms with E-state index in [-0.39, 0.29) is 0 Å².